The number of rotatable bonds is 7. The molecular formula is C16H32N2O. The van der Waals surface area contributed by atoms with Crippen LogP contribution < -0.4 is 5.32 Å². The van der Waals surface area contributed by atoms with E-state index in [4.69, 9.17) is 0 Å². The molecule has 112 valence electrons. The topological polar surface area (TPSA) is 32.3 Å². The van der Waals surface area contributed by atoms with Crippen LogP contribution >= 0.6 is 0 Å². The van der Waals surface area contributed by atoms with Gasteiger partial charge in [-0.15, -0.1) is 0 Å². The van der Waals surface area contributed by atoms with Gasteiger partial charge in [0, 0.05) is 19.0 Å². The number of amides is 1. The Balaban J connectivity index is 2.20. The van der Waals surface area contributed by atoms with E-state index in [2.05, 4.69) is 37.9 Å². The first-order valence-electron chi connectivity index (χ1n) is 8.06. The van der Waals surface area contributed by atoms with Crippen molar-refractivity contribution in [2.24, 2.45) is 17.8 Å². The van der Waals surface area contributed by atoms with E-state index in [1.54, 1.807) is 0 Å². The third kappa shape index (κ3) is 5.94. The fourth-order valence-electron chi connectivity index (χ4n) is 2.94. The molecule has 1 amide bonds. The molecule has 0 aromatic carbocycles. The normalized spacial score (nSPS) is 18.2. The Morgan fingerprint density at radius 1 is 1.21 bits per heavy atom. The van der Waals surface area contributed by atoms with Crippen molar-refractivity contribution in [3.05, 3.63) is 0 Å². The molecule has 1 saturated heterocycles. The molecule has 0 aliphatic carbocycles. The summed E-state index contributed by atoms with van der Waals surface area (Å²) >= 11 is 0. The molecule has 1 aliphatic heterocycles. The third-order valence-corrected chi connectivity index (χ3v) is 4.25. The minimum absolute atomic E-state index is 0.209. The maximum Gasteiger partial charge on any atom is 0.223 e. The zero-order valence-corrected chi connectivity index (χ0v) is 13.2. The molecule has 1 fully saturated rings. The Morgan fingerprint density at radius 3 is 2.26 bits per heavy atom. The molecule has 3 nitrogen and oxygen atoms in total. The summed E-state index contributed by atoms with van der Waals surface area (Å²) < 4.78 is 0. The summed E-state index contributed by atoms with van der Waals surface area (Å²) in [6.07, 6.45) is 4.37. The van der Waals surface area contributed by atoms with Crippen LogP contribution in [0.4, 0.5) is 0 Å². The number of carbonyl (C=O) groups is 1. The van der Waals surface area contributed by atoms with Crippen molar-refractivity contribution in [2.75, 3.05) is 26.2 Å². The Bertz CT molecular complexity index is 253. The van der Waals surface area contributed by atoms with Gasteiger partial charge in [-0.3, -0.25) is 4.79 Å². The van der Waals surface area contributed by atoms with Crippen molar-refractivity contribution in [2.45, 2.75) is 53.4 Å². The fourth-order valence-corrected chi connectivity index (χ4v) is 2.94. The van der Waals surface area contributed by atoms with Gasteiger partial charge in [-0.25, -0.2) is 0 Å². The summed E-state index contributed by atoms with van der Waals surface area (Å²) in [5, 5.41) is 3.15. The highest BCUT2D eigenvalue weighted by atomic mass is 16.1. The summed E-state index contributed by atoms with van der Waals surface area (Å²) in [7, 11) is 0. The Morgan fingerprint density at radius 2 is 1.79 bits per heavy atom. The minimum atomic E-state index is 0.209. The molecule has 0 atom stereocenters. The van der Waals surface area contributed by atoms with Crippen LogP contribution in [0.25, 0.3) is 0 Å². The predicted molar refractivity (Wildman–Crippen MR) is 81.1 cm³/mol. The number of likely N-dealkylation sites (tertiary alicyclic amines) is 1. The van der Waals surface area contributed by atoms with Gasteiger partial charge in [-0.1, -0.05) is 27.7 Å². The smallest absolute Gasteiger partial charge is 0.223 e. The second-order valence-corrected chi connectivity index (χ2v) is 6.40. The average molecular weight is 268 g/mol. The Hall–Kier alpha value is -0.570. The van der Waals surface area contributed by atoms with E-state index in [0.29, 0.717) is 5.92 Å². The van der Waals surface area contributed by atoms with Gasteiger partial charge in [0.1, 0.15) is 0 Å². The highest BCUT2D eigenvalue weighted by Crippen LogP contribution is 2.17. The van der Waals surface area contributed by atoms with Crippen molar-refractivity contribution in [1.82, 2.24) is 10.2 Å². The van der Waals surface area contributed by atoms with Crippen molar-refractivity contribution >= 4 is 5.91 Å². The van der Waals surface area contributed by atoms with Crippen molar-refractivity contribution in [3.8, 4) is 0 Å². The predicted octanol–water partition coefficient (Wildman–Crippen LogP) is 2.91. The van der Waals surface area contributed by atoms with E-state index in [0.717, 1.165) is 25.3 Å². The Labute approximate surface area is 119 Å². The highest BCUT2D eigenvalue weighted by molar-refractivity contribution is 5.78. The van der Waals surface area contributed by atoms with E-state index in [-0.39, 0.29) is 11.8 Å². The van der Waals surface area contributed by atoms with Crippen LogP contribution in [0.1, 0.15) is 53.4 Å². The fraction of sp³-hybridized carbons (Fsp3) is 0.938. The standard InChI is InChI=1S/C16H32N2O/c1-5-15(6-2)16(19)17-11-14-7-9-18(10-8-14)12-13(3)4/h13-15H,5-12H2,1-4H3,(H,17,19). The number of carbonyl (C=O) groups excluding carboxylic acids is 1. The lowest BCUT2D eigenvalue weighted by Gasteiger charge is -2.33. The summed E-state index contributed by atoms with van der Waals surface area (Å²) in [4.78, 5) is 14.5. The lowest BCUT2D eigenvalue weighted by molar-refractivity contribution is -0.125. The van der Waals surface area contributed by atoms with E-state index >= 15 is 0 Å². The molecule has 0 spiro atoms. The van der Waals surface area contributed by atoms with Gasteiger partial charge in [0.2, 0.25) is 5.91 Å². The molecule has 0 saturated carbocycles. The summed E-state index contributed by atoms with van der Waals surface area (Å²) in [6, 6.07) is 0. The zero-order chi connectivity index (χ0) is 14.3. The molecule has 3 heteroatoms. The van der Waals surface area contributed by atoms with E-state index in [1.807, 2.05) is 0 Å². The largest absolute Gasteiger partial charge is 0.356 e. The van der Waals surface area contributed by atoms with E-state index in [1.165, 1.54) is 32.5 Å². The molecule has 0 aromatic heterocycles. The van der Waals surface area contributed by atoms with Gasteiger partial charge in [-0.05, 0) is 50.6 Å². The first-order chi connectivity index (χ1) is 9.06. The zero-order valence-electron chi connectivity index (χ0n) is 13.2. The first kappa shape index (κ1) is 16.5. The molecule has 1 N–H and O–H groups in total. The van der Waals surface area contributed by atoms with Crippen LogP contribution in [0.5, 0.6) is 0 Å². The van der Waals surface area contributed by atoms with Gasteiger partial charge in [0.15, 0.2) is 0 Å². The quantitative estimate of drug-likeness (QED) is 0.770. The van der Waals surface area contributed by atoms with E-state index < -0.39 is 0 Å². The molecule has 1 aliphatic rings. The second kappa shape index (κ2) is 8.57. The molecule has 0 bridgehead atoms. The molecule has 1 rings (SSSR count). The molecule has 19 heavy (non-hydrogen) atoms. The molecule has 1 heterocycles. The summed E-state index contributed by atoms with van der Waals surface area (Å²) in [5.74, 6) is 1.91. The lowest BCUT2D eigenvalue weighted by Crippen LogP contribution is -2.41. The Kier molecular flexibility index (Phi) is 7.44. The number of piperidine rings is 1. The monoisotopic (exact) mass is 268 g/mol. The molecule has 0 unspecified atom stereocenters. The van der Waals surface area contributed by atoms with Gasteiger partial charge in [0.05, 0.1) is 0 Å². The number of nitrogens with zero attached hydrogens (tertiary/aromatic N) is 1. The van der Waals surface area contributed by atoms with Crippen LogP contribution in [0.15, 0.2) is 0 Å². The molecular weight excluding hydrogens is 236 g/mol. The maximum absolute atomic E-state index is 11.9. The number of nitrogens with one attached hydrogen (secondary N) is 1. The van der Waals surface area contributed by atoms with Crippen molar-refractivity contribution in [3.63, 3.8) is 0 Å². The first-order valence-corrected chi connectivity index (χ1v) is 8.06. The van der Waals surface area contributed by atoms with Crippen LogP contribution in [0.3, 0.4) is 0 Å². The van der Waals surface area contributed by atoms with Gasteiger partial charge in [-0.2, -0.15) is 0 Å². The lowest BCUT2D eigenvalue weighted by atomic mass is 9.95. The minimum Gasteiger partial charge on any atom is -0.356 e. The van der Waals surface area contributed by atoms with Gasteiger partial charge < -0.3 is 10.2 Å². The van der Waals surface area contributed by atoms with Crippen LogP contribution in [0, 0.1) is 17.8 Å². The number of hydrogen-bond acceptors (Lipinski definition) is 2. The maximum atomic E-state index is 11.9. The van der Waals surface area contributed by atoms with Crippen molar-refractivity contribution in [1.29, 1.82) is 0 Å². The highest BCUT2D eigenvalue weighted by Gasteiger charge is 2.21. The average Bonchev–Trinajstić information content (AvgIpc) is 2.38. The van der Waals surface area contributed by atoms with Crippen LogP contribution in [0.2, 0.25) is 0 Å². The SMILES string of the molecule is CCC(CC)C(=O)NCC1CCN(CC(C)C)CC1. The van der Waals surface area contributed by atoms with E-state index in [9.17, 15) is 4.79 Å². The molecule has 0 radical (unpaired) electrons. The number of hydrogen-bond donors (Lipinski definition) is 1. The summed E-state index contributed by atoms with van der Waals surface area (Å²) in [6.45, 7) is 13.2. The van der Waals surface area contributed by atoms with Gasteiger partial charge >= 0.3 is 0 Å². The van der Waals surface area contributed by atoms with Crippen LogP contribution in [-0.4, -0.2) is 37.0 Å². The third-order valence-electron chi connectivity index (χ3n) is 4.25. The second-order valence-electron chi connectivity index (χ2n) is 6.40. The van der Waals surface area contributed by atoms with Crippen LogP contribution in [-0.2, 0) is 4.79 Å². The molecule has 0 aromatic rings. The van der Waals surface area contributed by atoms with Crippen molar-refractivity contribution < 1.29 is 4.79 Å². The summed E-state index contributed by atoms with van der Waals surface area (Å²) in [5.41, 5.74) is 0. The van der Waals surface area contributed by atoms with Gasteiger partial charge in [0.25, 0.3) is 0 Å².